The molecule has 0 aliphatic heterocycles. The minimum Gasteiger partial charge on any atom is -0.497 e. The van der Waals surface area contributed by atoms with E-state index >= 15 is 0 Å². The van der Waals surface area contributed by atoms with E-state index in [9.17, 15) is 19.7 Å². The summed E-state index contributed by atoms with van der Waals surface area (Å²) >= 11 is 0. The number of nitrogens with zero attached hydrogens (tertiary/aromatic N) is 1. The standard InChI is InChI=1S/C19H20N2O7/c1-12(19(23)20-14-5-7-15(8-6-14)21(24)25)28-18(22)10-13-4-9-16(26-2)11-17(13)27-3/h4-9,11-12H,10H2,1-3H3,(H,20,23). The zero-order valence-corrected chi connectivity index (χ0v) is 15.6. The number of benzene rings is 2. The second-order valence-corrected chi connectivity index (χ2v) is 5.78. The van der Waals surface area contributed by atoms with E-state index in [0.29, 0.717) is 22.7 Å². The van der Waals surface area contributed by atoms with Gasteiger partial charge in [-0.25, -0.2) is 0 Å². The highest BCUT2D eigenvalue weighted by Gasteiger charge is 2.20. The van der Waals surface area contributed by atoms with Gasteiger partial charge in [0.2, 0.25) is 0 Å². The number of carbonyl (C=O) groups is 2. The maximum absolute atomic E-state index is 12.2. The minimum atomic E-state index is -1.05. The van der Waals surface area contributed by atoms with E-state index in [2.05, 4.69) is 5.32 Å². The van der Waals surface area contributed by atoms with Crippen molar-refractivity contribution in [3.8, 4) is 11.5 Å². The van der Waals surface area contributed by atoms with Gasteiger partial charge in [0.05, 0.1) is 25.6 Å². The summed E-state index contributed by atoms with van der Waals surface area (Å²) in [6.07, 6.45) is -1.13. The van der Waals surface area contributed by atoms with Crippen LogP contribution in [0, 0.1) is 10.1 Å². The summed E-state index contributed by atoms with van der Waals surface area (Å²) in [5, 5.41) is 13.2. The summed E-state index contributed by atoms with van der Waals surface area (Å²) in [6.45, 7) is 1.43. The molecule has 0 aromatic heterocycles. The van der Waals surface area contributed by atoms with Gasteiger partial charge in [-0.1, -0.05) is 6.07 Å². The van der Waals surface area contributed by atoms with Crippen LogP contribution in [0.25, 0.3) is 0 Å². The molecule has 1 N–H and O–H groups in total. The topological polar surface area (TPSA) is 117 Å². The van der Waals surface area contributed by atoms with Crippen LogP contribution in [-0.4, -0.2) is 37.1 Å². The Bertz CT molecular complexity index is 865. The number of hydrogen-bond donors (Lipinski definition) is 1. The van der Waals surface area contributed by atoms with Gasteiger partial charge in [-0.3, -0.25) is 19.7 Å². The Morgan fingerprint density at radius 1 is 1.11 bits per heavy atom. The van der Waals surface area contributed by atoms with E-state index in [1.807, 2.05) is 0 Å². The molecule has 0 radical (unpaired) electrons. The van der Waals surface area contributed by atoms with Gasteiger partial charge in [-0.2, -0.15) is 0 Å². The van der Waals surface area contributed by atoms with Gasteiger partial charge < -0.3 is 19.5 Å². The van der Waals surface area contributed by atoms with Gasteiger partial charge in [-0.15, -0.1) is 0 Å². The molecule has 2 aromatic rings. The SMILES string of the molecule is COc1ccc(CC(=O)OC(C)C(=O)Nc2ccc([N+](=O)[O-])cc2)c(OC)c1. The van der Waals surface area contributed by atoms with E-state index in [4.69, 9.17) is 14.2 Å². The minimum absolute atomic E-state index is 0.0810. The molecule has 1 unspecified atom stereocenters. The van der Waals surface area contributed by atoms with Crippen molar-refractivity contribution in [3.05, 3.63) is 58.1 Å². The highest BCUT2D eigenvalue weighted by atomic mass is 16.6. The fourth-order valence-corrected chi connectivity index (χ4v) is 2.36. The number of amides is 1. The Hall–Kier alpha value is -3.62. The van der Waals surface area contributed by atoms with Gasteiger partial charge in [0.1, 0.15) is 11.5 Å². The zero-order valence-electron chi connectivity index (χ0n) is 15.6. The Labute approximate surface area is 161 Å². The smallest absolute Gasteiger partial charge is 0.311 e. The molecular weight excluding hydrogens is 368 g/mol. The summed E-state index contributed by atoms with van der Waals surface area (Å²) in [5.41, 5.74) is 0.859. The molecule has 28 heavy (non-hydrogen) atoms. The largest absolute Gasteiger partial charge is 0.497 e. The second-order valence-electron chi connectivity index (χ2n) is 5.78. The monoisotopic (exact) mass is 388 g/mol. The first-order valence-corrected chi connectivity index (χ1v) is 8.29. The van der Waals surface area contributed by atoms with Crippen LogP contribution in [0.5, 0.6) is 11.5 Å². The average molecular weight is 388 g/mol. The molecule has 1 atom stereocenters. The first-order valence-electron chi connectivity index (χ1n) is 8.29. The third-order valence-electron chi connectivity index (χ3n) is 3.85. The van der Waals surface area contributed by atoms with Gasteiger partial charge in [0.15, 0.2) is 6.10 Å². The molecular formula is C19H20N2O7. The van der Waals surface area contributed by atoms with Crippen molar-refractivity contribution >= 4 is 23.3 Å². The molecule has 9 nitrogen and oxygen atoms in total. The normalized spacial score (nSPS) is 11.2. The number of esters is 1. The molecule has 0 heterocycles. The molecule has 148 valence electrons. The third kappa shape index (κ3) is 5.44. The van der Waals surface area contributed by atoms with Crippen LogP contribution in [-0.2, 0) is 20.7 Å². The number of ether oxygens (including phenoxy) is 3. The number of nitrogens with one attached hydrogen (secondary N) is 1. The van der Waals surface area contributed by atoms with Gasteiger partial charge >= 0.3 is 5.97 Å². The molecule has 0 aliphatic carbocycles. The first-order chi connectivity index (χ1) is 13.3. The predicted molar refractivity (Wildman–Crippen MR) is 101 cm³/mol. The highest BCUT2D eigenvalue weighted by Crippen LogP contribution is 2.25. The highest BCUT2D eigenvalue weighted by molar-refractivity contribution is 5.95. The lowest BCUT2D eigenvalue weighted by Crippen LogP contribution is -2.30. The first kappa shape index (κ1) is 20.7. The van der Waals surface area contributed by atoms with Crippen molar-refractivity contribution in [1.82, 2.24) is 0 Å². The Morgan fingerprint density at radius 3 is 2.36 bits per heavy atom. The predicted octanol–water partition coefficient (Wildman–Crippen LogP) is 2.72. The van der Waals surface area contributed by atoms with E-state index < -0.39 is 22.9 Å². The van der Waals surface area contributed by atoms with Crippen molar-refractivity contribution in [2.24, 2.45) is 0 Å². The maximum atomic E-state index is 12.2. The quantitative estimate of drug-likeness (QED) is 0.420. The lowest BCUT2D eigenvalue weighted by molar-refractivity contribution is -0.384. The van der Waals surface area contributed by atoms with Crippen LogP contribution in [0.3, 0.4) is 0 Å². The van der Waals surface area contributed by atoms with Crippen LogP contribution < -0.4 is 14.8 Å². The summed E-state index contributed by atoms with van der Waals surface area (Å²) in [5.74, 6) is -0.0946. The molecule has 0 aliphatic rings. The Balaban J connectivity index is 1.94. The van der Waals surface area contributed by atoms with Crippen molar-refractivity contribution in [2.75, 3.05) is 19.5 Å². The van der Waals surface area contributed by atoms with Crippen molar-refractivity contribution in [2.45, 2.75) is 19.4 Å². The van der Waals surface area contributed by atoms with Crippen LogP contribution in [0.1, 0.15) is 12.5 Å². The van der Waals surface area contributed by atoms with Crippen LogP contribution >= 0.6 is 0 Å². The summed E-state index contributed by atoms with van der Waals surface area (Å²) < 4.78 is 15.5. The molecule has 0 fully saturated rings. The third-order valence-corrected chi connectivity index (χ3v) is 3.85. The summed E-state index contributed by atoms with van der Waals surface area (Å²) in [4.78, 5) is 34.4. The number of carbonyl (C=O) groups excluding carboxylic acids is 2. The number of methoxy groups -OCH3 is 2. The fourth-order valence-electron chi connectivity index (χ4n) is 2.36. The molecule has 2 aromatic carbocycles. The number of nitro groups is 1. The lowest BCUT2D eigenvalue weighted by Gasteiger charge is -2.14. The number of non-ortho nitro benzene ring substituents is 1. The van der Waals surface area contributed by atoms with E-state index in [-0.39, 0.29) is 12.1 Å². The number of hydrogen-bond acceptors (Lipinski definition) is 7. The zero-order chi connectivity index (χ0) is 20.7. The van der Waals surface area contributed by atoms with E-state index in [0.717, 1.165) is 0 Å². The molecule has 1 amide bonds. The summed E-state index contributed by atoms with van der Waals surface area (Å²) in [7, 11) is 3.00. The molecule has 0 saturated carbocycles. The Kier molecular flexibility index (Phi) is 6.91. The maximum Gasteiger partial charge on any atom is 0.311 e. The molecule has 2 rings (SSSR count). The molecule has 0 saturated heterocycles. The van der Waals surface area contributed by atoms with Crippen LogP contribution in [0.15, 0.2) is 42.5 Å². The van der Waals surface area contributed by atoms with Crippen LogP contribution in [0.4, 0.5) is 11.4 Å². The van der Waals surface area contributed by atoms with Crippen molar-refractivity contribution < 1.29 is 28.7 Å². The number of anilines is 1. The molecule has 0 bridgehead atoms. The van der Waals surface area contributed by atoms with Gasteiger partial charge in [0, 0.05) is 29.4 Å². The van der Waals surface area contributed by atoms with Crippen molar-refractivity contribution in [1.29, 1.82) is 0 Å². The lowest BCUT2D eigenvalue weighted by atomic mass is 10.1. The molecule has 9 heteroatoms. The fraction of sp³-hybridized carbons (Fsp3) is 0.263. The van der Waals surface area contributed by atoms with E-state index in [1.54, 1.807) is 18.2 Å². The number of rotatable bonds is 8. The van der Waals surface area contributed by atoms with E-state index in [1.165, 1.54) is 45.4 Å². The van der Waals surface area contributed by atoms with Crippen molar-refractivity contribution in [3.63, 3.8) is 0 Å². The summed E-state index contributed by atoms with van der Waals surface area (Å²) in [6, 6.07) is 10.3. The van der Waals surface area contributed by atoms with Gasteiger partial charge in [0.25, 0.3) is 11.6 Å². The van der Waals surface area contributed by atoms with Crippen LogP contribution in [0.2, 0.25) is 0 Å². The average Bonchev–Trinajstić information content (AvgIpc) is 2.68. The Morgan fingerprint density at radius 2 is 1.79 bits per heavy atom. The van der Waals surface area contributed by atoms with Gasteiger partial charge in [-0.05, 0) is 25.1 Å². The second kappa shape index (κ2) is 9.36. The number of nitro benzene ring substituents is 1. The molecule has 0 spiro atoms.